The molecule has 0 unspecified atom stereocenters. The molecule has 0 radical (unpaired) electrons. The molecule has 1 amide bonds. The fourth-order valence-electron chi connectivity index (χ4n) is 1.26. The van der Waals surface area contributed by atoms with Gasteiger partial charge in [-0.25, -0.2) is 4.39 Å². The van der Waals surface area contributed by atoms with Crippen molar-refractivity contribution >= 4 is 46.8 Å². The van der Waals surface area contributed by atoms with Crippen molar-refractivity contribution in [1.82, 2.24) is 4.90 Å². The number of amides is 1. The highest BCUT2D eigenvalue weighted by atomic mass is 35.5. The van der Waals surface area contributed by atoms with Crippen molar-refractivity contribution < 1.29 is 9.18 Å². The zero-order chi connectivity index (χ0) is 13.7. The van der Waals surface area contributed by atoms with Crippen LogP contribution in [0.4, 0.5) is 4.39 Å². The van der Waals surface area contributed by atoms with Crippen LogP contribution in [0.3, 0.4) is 0 Å². The molecule has 8 heteroatoms. The highest BCUT2D eigenvalue weighted by Gasteiger charge is 2.14. The van der Waals surface area contributed by atoms with Crippen molar-refractivity contribution in [1.29, 1.82) is 5.41 Å². The Hall–Kier alpha value is -0.980. The minimum Gasteiger partial charge on any atom is -0.379 e. The second kappa shape index (κ2) is 8.24. The lowest BCUT2D eigenvalue weighted by atomic mass is 10.2. The number of nitrogens with one attached hydrogen (secondary N) is 1. The molecule has 0 aromatic heterocycles. The summed E-state index contributed by atoms with van der Waals surface area (Å²) >= 11 is 6.80. The van der Waals surface area contributed by atoms with E-state index in [0.29, 0.717) is 0 Å². The van der Waals surface area contributed by atoms with Crippen LogP contribution in [-0.2, 0) is 11.3 Å². The first-order valence-corrected chi connectivity index (χ1v) is 6.42. The van der Waals surface area contributed by atoms with E-state index in [1.807, 2.05) is 0 Å². The van der Waals surface area contributed by atoms with E-state index < -0.39 is 5.82 Å². The first kappa shape index (κ1) is 18.0. The Balaban J connectivity index is 0.00000324. The zero-order valence-electron chi connectivity index (χ0n) is 10.2. The lowest BCUT2D eigenvalue weighted by Crippen LogP contribution is -2.29. The molecule has 19 heavy (non-hydrogen) atoms. The van der Waals surface area contributed by atoms with Gasteiger partial charge >= 0.3 is 0 Å². The smallest absolute Gasteiger partial charge is 0.233 e. The maximum Gasteiger partial charge on any atom is 0.233 e. The Labute approximate surface area is 126 Å². The summed E-state index contributed by atoms with van der Waals surface area (Å²) in [6, 6.07) is 4.38. The topological polar surface area (TPSA) is 70.2 Å². The highest BCUT2D eigenvalue weighted by molar-refractivity contribution is 8.14. The summed E-state index contributed by atoms with van der Waals surface area (Å²) in [5.74, 6) is -0.631. The standard InChI is InChI=1S/C11H13ClFN3OS.ClH/c1-16(10(17)6-18-11(14)15)5-7-8(12)3-2-4-9(7)13;/h2-4H,5-6H2,1H3,(H3,14,15);1H. The van der Waals surface area contributed by atoms with Crippen molar-refractivity contribution in [2.45, 2.75) is 6.54 Å². The summed E-state index contributed by atoms with van der Waals surface area (Å²) in [6.45, 7) is 0.0861. The van der Waals surface area contributed by atoms with Crippen LogP contribution in [0.25, 0.3) is 0 Å². The minimum atomic E-state index is -0.443. The molecule has 0 saturated carbocycles. The SMILES string of the molecule is CN(Cc1c(F)cccc1Cl)C(=O)CSC(=N)N.Cl. The lowest BCUT2D eigenvalue weighted by Gasteiger charge is -2.18. The summed E-state index contributed by atoms with van der Waals surface area (Å²) in [5.41, 5.74) is 5.42. The van der Waals surface area contributed by atoms with E-state index in [-0.39, 0.29) is 46.4 Å². The maximum absolute atomic E-state index is 13.5. The van der Waals surface area contributed by atoms with Crippen molar-refractivity contribution in [3.63, 3.8) is 0 Å². The molecule has 0 spiro atoms. The normalized spacial score (nSPS) is 9.63. The number of amidine groups is 1. The number of nitrogens with zero attached hydrogens (tertiary/aromatic N) is 1. The number of benzene rings is 1. The van der Waals surface area contributed by atoms with Crippen LogP contribution in [0.5, 0.6) is 0 Å². The second-order valence-electron chi connectivity index (χ2n) is 3.60. The van der Waals surface area contributed by atoms with Crippen LogP contribution in [-0.4, -0.2) is 28.8 Å². The maximum atomic E-state index is 13.5. The molecule has 1 aromatic carbocycles. The molecule has 4 nitrogen and oxygen atoms in total. The van der Waals surface area contributed by atoms with Gasteiger partial charge in [0.05, 0.1) is 5.75 Å². The van der Waals surface area contributed by atoms with Crippen molar-refractivity contribution in [2.75, 3.05) is 12.8 Å². The van der Waals surface area contributed by atoms with Gasteiger partial charge in [-0.05, 0) is 12.1 Å². The van der Waals surface area contributed by atoms with Gasteiger partial charge in [0, 0.05) is 24.2 Å². The van der Waals surface area contributed by atoms with E-state index in [1.165, 1.54) is 17.0 Å². The van der Waals surface area contributed by atoms with E-state index in [9.17, 15) is 9.18 Å². The number of carbonyl (C=O) groups is 1. The van der Waals surface area contributed by atoms with Gasteiger partial charge in [-0.3, -0.25) is 10.2 Å². The van der Waals surface area contributed by atoms with Crippen LogP contribution in [0.2, 0.25) is 5.02 Å². The molecule has 1 aromatic rings. The number of hydrogen-bond donors (Lipinski definition) is 2. The molecule has 0 aliphatic heterocycles. The van der Waals surface area contributed by atoms with Gasteiger partial charge in [0.1, 0.15) is 5.82 Å². The second-order valence-corrected chi connectivity index (χ2v) is 5.03. The van der Waals surface area contributed by atoms with Gasteiger partial charge < -0.3 is 10.6 Å². The third-order valence-corrected chi connectivity index (χ3v) is 3.29. The molecule has 1 rings (SSSR count). The predicted molar refractivity (Wildman–Crippen MR) is 79.5 cm³/mol. The predicted octanol–water partition coefficient (Wildman–Crippen LogP) is 2.49. The Kier molecular flexibility index (Phi) is 7.82. The number of carbonyl (C=O) groups excluding carboxylic acids is 1. The number of nitrogens with two attached hydrogens (primary N) is 1. The van der Waals surface area contributed by atoms with Gasteiger partial charge in [0.25, 0.3) is 0 Å². The highest BCUT2D eigenvalue weighted by Crippen LogP contribution is 2.20. The van der Waals surface area contributed by atoms with Gasteiger partial charge in [0.2, 0.25) is 5.91 Å². The molecule has 0 aliphatic carbocycles. The molecule has 0 atom stereocenters. The number of hydrogen-bond acceptors (Lipinski definition) is 3. The Morgan fingerprint density at radius 3 is 2.74 bits per heavy atom. The van der Waals surface area contributed by atoms with Crippen molar-refractivity contribution in [2.24, 2.45) is 5.73 Å². The molecular weight excluding hydrogens is 312 g/mol. The largest absolute Gasteiger partial charge is 0.379 e. The minimum absolute atomic E-state index is 0. The first-order chi connectivity index (χ1) is 8.41. The van der Waals surface area contributed by atoms with Gasteiger partial charge in [-0.2, -0.15) is 0 Å². The molecule has 0 saturated heterocycles. The van der Waals surface area contributed by atoms with E-state index >= 15 is 0 Å². The molecular formula is C11H14Cl2FN3OS. The Morgan fingerprint density at radius 2 is 2.21 bits per heavy atom. The van der Waals surface area contributed by atoms with E-state index in [1.54, 1.807) is 13.1 Å². The summed E-state index contributed by atoms with van der Waals surface area (Å²) in [5, 5.41) is 7.17. The summed E-state index contributed by atoms with van der Waals surface area (Å²) in [7, 11) is 1.55. The van der Waals surface area contributed by atoms with Crippen LogP contribution >= 0.6 is 35.8 Å². The zero-order valence-corrected chi connectivity index (χ0v) is 12.5. The lowest BCUT2D eigenvalue weighted by molar-refractivity contribution is -0.127. The van der Waals surface area contributed by atoms with Crippen molar-refractivity contribution in [3.8, 4) is 0 Å². The van der Waals surface area contributed by atoms with E-state index in [4.69, 9.17) is 22.7 Å². The average molecular weight is 326 g/mol. The van der Waals surface area contributed by atoms with Crippen molar-refractivity contribution in [3.05, 3.63) is 34.6 Å². The molecule has 0 bridgehead atoms. The number of rotatable bonds is 4. The third kappa shape index (κ3) is 5.67. The molecule has 0 fully saturated rings. The quantitative estimate of drug-likeness (QED) is 0.660. The number of thioether (sulfide) groups is 1. The summed E-state index contributed by atoms with van der Waals surface area (Å²) < 4.78 is 13.5. The number of halogens is 3. The molecule has 0 aliphatic rings. The van der Waals surface area contributed by atoms with Gasteiger partial charge in [-0.15, -0.1) is 12.4 Å². The van der Waals surface area contributed by atoms with Crippen LogP contribution in [0.15, 0.2) is 18.2 Å². The van der Waals surface area contributed by atoms with Gasteiger partial charge in [0.15, 0.2) is 5.17 Å². The Morgan fingerprint density at radius 1 is 1.58 bits per heavy atom. The van der Waals surface area contributed by atoms with Crippen LogP contribution in [0.1, 0.15) is 5.56 Å². The van der Waals surface area contributed by atoms with E-state index in [2.05, 4.69) is 0 Å². The summed E-state index contributed by atoms with van der Waals surface area (Å²) in [6.07, 6.45) is 0. The molecule has 3 N–H and O–H groups in total. The fourth-order valence-corrected chi connectivity index (χ4v) is 1.98. The summed E-state index contributed by atoms with van der Waals surface area (Å²) in [4.78, 5) is 13.0. The third-order valence-electron chi connectivity index (χ3n) is 2.23. The molecule has 106 valence electrons. The fraction of sp³-hybridized carbons (Fsp3) is 0.273. The Bertz CT molecular complexity index is 453. The molecule has 0 heterocycles. The van der Waals surface area contributed by atoms with Crippen LogP contribution in [0, 0.1) is 11.2 Å². The van der Waals surface area contributed by atoms with Crippen LogP contribution < -0.4 is 5.73 Å². The van der Waals surface area contributed by atoms with E-state index in [0.717, 1.165) is 11.8 Å². The monoisotopic (exact) mass is 325 g/mol. The van der Waals surface area contributed by atoms with Gasteiger partial charge in [-0.1, -0.05) is 29.4 Å². The average Bonchev–Trinajstić information content (AvgIpc) is 2.30. The first-order valence-electron chi connectivity index (χ1n) is 5.05.